The maximum absolute atomic E-state index is 12.9. The Bertz CT molecular complexity index is 1310. The molecule has 0 saturated carbocycles. The lowest BCUT2D eigenvalue weighted by Gasteiger charge is -2.19. The summed E-state index contributed by atoms with van der Waals surface area (Å²) in [6, 6.07) is 14.6. The number of non-ortho nitro benzene ring substituents is 1. The van der Waals surface area contributed by atoms with Crippen LogP contribution in [0.3, 0.4) is 0 Å². The van der Waals surface area contributed by atoms with Crippen molar-refractivity contribution in [3.05, 3.63) is 86.9 Å². The lowest BCUT2D eigenvalue weighted by molar-refractivity contribution is -0.384. The number of amides is 3. The fourth-order valence-electron chi connectivity index (χ4n) is 3.14. The van der Waals surface area contributed by atoms with E-state index < -0.39 is 16.7 Å². The number of benzene rings is 3. The highest BCUT2D eigenvalue weighted by Gasteiger charge is 2.20. The maximum atomic E-state index is 12.9. The highest BCUT2D eigenvalue weighted by Crippen LogP contribution is 2.31. The predicted molar refractivity (Wildman–Crippen MR) is 121 cm³/mol. The van der Waals surface area contributed by atoms with Crippen LogP contribution in [0.25, 0.3) is 0 Å². The normalized spacial score (nSPS) is 12.1. The largest absolute Gasteiger partial charge is 0.482 e. The molecule has 0 saturated heterocycles. The van der Waals surface area contributed by atoms with E-state index in [4.69, 9.17) is 16.3 Å². The first-order valence-corrected chi connectivity index (χ1v) is 9.92. The van der Waals surface area contributed by atoms with Crippen LogP contribution in [0, 0.1) is 10.1 Å². The molecule has 166 valence electrons. The zero-order valence-electron chi connectivity index (χ0n) is 16.8. The van der Waals surface area contributed by atoms with Gasteiger partial charge in [0.1, 0.15) is 5.75 Å². The van der Waals surface area contributed by atoms with Crippen LogP contribution in [0.5, 0.6) is 5.75 Å². The lowest BCUT2D eigenvalue weighted by Crippen LogP contribution is -2.25. The Morgan fingerprint density at radius 1 is 1.00 bits per heavy atom. The molecule has 4 rings (SSSR count). The molecule has 0 spiro atoms. The van der Waals surface area contributed by atoms with Crippen molar-refractivity contribution in [2.45, 2.75) is 0 Å². The first-order valence-electron chi connectivity index (χ1n) is 9.54. The molecular formula is C22H15ClN4O6. The third-order valence-corrected chi connectivity index (χ3v) is 5.01. The number of hydrogen-bond donors (Lipinski definition) is 3. The highest BCUT2D eigenvalue weighted by atomic mass is 35.5. The summed E-state index contributed by atoms with van der Waals surface area (Å²) in [4.78, 5) is 47.3. The van der Waals surface area contributed by atoms with Crippen molar-refractivity contribution in [1.82, 2.24) is 0 Å². The smallest absolute Gasteiger partial charge is 0.270 e. The molecule has 0 aromatic heterocycles. The number of halogens is 1. The Morgan fingerprint density at radius 2 is 1.76 bits per heavy atom. The van der Waals surface area contributed by atoms with Gasteiger partial charge in [-0.2, -0.15) is 0 Å². The van der Waals surface area contributed by atoms with Crippen LogP contribution in [0.15, 0.2) is 60.7 Å². The highest BCUT2D eigenvalue weighted by molar-refractivity contribution is 6.34. The van der Waals surface area contributed by atoms with E-state index in [1.54, 1.807) is 30.3 Å². The molecule has 11 heteroatoms. The number of carbonyl (C=O) groups is 3. The van der Waals surface area contributed by atoms with Crippen LogP contribution in [0.2, 0.25) is 5.02 Å². The first-order chi connectivity index (χ1) is 15.8. The monoisotopic (exact) mass is 466 g/mol. The summed E-state index contributed by atoms with van der Waals surface area (Å²) in [6.45, 7) is -0.0788. The minimum absolute atomic E-state index is 0.0166. The predicted octanol–water partition coefficient (Wildman–Crippen LogP) is 4.08. The Balaban J connectivity index is 1.53. The van der Waals surface area contributed by atoms with E-state index >= 15 is 0 Å². The molecule has 3 aromatic carbocycles. The molecular weight excluding hydrogens is 452 g/mol. The van der Waals surface area contributed by atoms with Crippen LogP contribution in [-0.2, 0) is 4.79 Å². The summed E-state index contributed by atoms with van der Waals surface area (Å²) >= 11 is 6.03. The van der Waals surface area contributed by atoms with Gasteiger partial charge in [0.25, 0.3) is 23.4 Å². The second-order valence-electron chi connectivity index (χ2n) is 6.92. The van der Waals surface area contributed by atoms with Gasteiger partial charge in [-0.05, 0) is 36.4 Å². The second-order valence-corrected chi connectivity index (χ2v) is 7.33. The number of rotatable bonds is 5. The van der Waals surface area contributed by atoms with E-state index in [-0.39, 0.29) is 40.0 Å². The number of nitro groups is 1. The standard InChI is InChI=1S/C22H15ClN4O6/c23-16-10-13(27(31)32)6-7-14(16)21(29)26-17-4-2-1-3-15(17)22(30)24-12-5-8-19-18(9-12)25-20(28)11-33-19/h1-10H,11H2,(H,24,30)(H,25,28)(H,26,29). The first kappa shape index (κ1) is 21.8. The van der Waals surface area contributed by atoms with E-state index in [0.29, 0.717) is 17.1 Å². The van der Waals surface area contributed by atoms with Crippen molar-refractivity contribution in [3.63, 3.8) is 0 Å². The number of para-hydroxylation sites is 1. The minimum Gasteiger partial charge on any atom is -0.482 e. The summed E-state index contributed by atoms with van der Waals surface area (Å²) in [5.74, 6) is -0.961. The SMILES string of the molecule is O=C1COc2ccc(NC(=O)c3ccccc3NC(=O)c3ccc([N+](=O)[O-])cc3Cl)cc2N1. The van der Waals surface area contributed by atoms with Crippen LogP contribution in [-0.4, -0.2) is 29.3 Å². The van der Waals surface area contributed by atoms with Gasteiger partial charge >= 0.3 is 0 Å². The molecule has 1 aliphatic heterocycles. The molecule has 0 atom stereocenters. The molecule has 3 N–H and O–H groups in total. The van der Waals surface area contributed by atoms with Gasteiger partial charge in [-0.1, -0.05) is 23.7 Å². The summed E-state index contributed by atoms with van der Waals surface area (Å²) in [5.41, 5.74) is 0.985. The lowest BCUT2D eigenvalue weighted by atomic mass is 10.1. The number of ether oxygens (including phenoxy) is 1. The third-order valence-electron chi connectivity index (χ3n) is 4.70. The van der Waals surface area contributed by atoms with Gasteiger partial charge in [-0.3, -0.25) is 24.5 Å². The van der Waals surface area contributed by atoms with Crippen molar-refractivity contribution in [3.8, 4) is 5.75 Å². The van der Waals surface area contributed by atoms with Gasteiger partial charge < -0.3 is 20.7 Å². The molecule has 3 amide bonds. The quantitative estimate of drug-likeness (QED) is 0.382. The Hall–Kier alpha value is -4.44. The van der Waals surface area contributed by atoms with E-state index in [2.05, 4.69) is 16.0 Å². The number of hydrogen-bond acceptors (Lipinski definition) is 6. The molecule has 3 aromatic rings. The molecule has 1 aliphatic rings. The van der Waals surface area contributed by atoms with Crippen molar-refractivity contribution in [2.75, 3.05) is 22.6 Å². The van der Waals surface area contributed by atoms with Crippen molar-refractivity contribution >= 4 is 52.1 Å². The molecule has 0 radical (unpaired) electrons. The Labute approximate surface area is 191 Å². The molecule has 1 heterocycles. The zero-order valence-corrected chi connectivity index (χ0v) is 17.5. The van der Waals surface area contributed by atoms with Gasteiger partial charge in [-0.15, -0.1) is 0 Å². The summed E-state index contributed by atoms with van der Waals surface area (Å²) < 4.78 is 5.29. The third kappa shape index (κ3) is 4.75. The van der Waals surface area contributed by atoms with Crippen LogP contribution in [0.4, 0.5) is 22.7 Å². The Kier molecular flexibility index (Phi) is 5.92. The minimum atomic E-state index is -0.635. The maximum Gasteiger partial charge on any atom is 0.270 e. The van der Waals surface area contributed by atoms with Crippen molar-refractivity contribution in [1.29, 1.82) is 0 Å². The van der Waals surface area contributed by atoms with Gasteiger partial charge in [0.05, 0.1) is 32.4 Å². The van der Waals surface area contributed by atoms with Gasteiger partial charge in [0.15, 0.2) is 6.61 Å². The molecule has 0 fully saturated rings. The fourth-order valence-corrected chi connectivity index (χ4v) is 3.40. The number of carbonyl (C=O) groups excluding carboxylic acids is 3. The van der Waals surface area contributed by atoms with Gasteiger partial charge in [0, 0.05) is 17.8 Å². The molecule has 0 bridgehead atoms. The number of nitro benzene ring substituents is 1. The van der Waals surface area contributed by atoms with Crippen LogP contribution >= 0.6 is 11.6 Å². The number of nitrogens with one attached hydrogen (secondary N) is 3. The van der Waals surface area contributed by atoms with Crippen LogP contribution in [0.1, 0.15) is 20.7 Å². The van der Waals surface area contributed by atoms with E-state index in [9.17, 15) is 24.5 Å². The average molecular weight is 467 g/mol. The second kappa shape index (κ2) is 8.97. The van der Waals surface area contributed by atoms with Crippen LogP contribution < -0.4 is 20.7 Å². The summed E-state index contributed by atoms with van der Waals surface area (Å²) in [6.07, 6.45) is 0. The fraction of sp³-hybridized carbons (Fsp3) is 0.0455. The molecule has 0 aliphatic carbocycles. The zero-order chi connectivity index (χ0) is 23.5. The molecule has 10 nitrogen and oxygen atoms in total. The summed E-state index contributed by atoms with van der Waals surface area (Å²) in [5, 5.41) is 18.7. The average Bonchev–Trinajstić information content (AvgIpc) is 2.78. The summed E-state index contributed by atoms with van der Waals surface area (Å²) in [7, 11) is 0. The van der Waals surface area contributed by atoms with Crippen molar-refractivity contribution < 1.29 is 24.0 Å². The van der Waals surface area contributed by atoms with Gasteiger partial charge in [0.2, 0.25) is 0 Å². The van der Waals surface area contributed by atoms with Crippen molar-refractivity contribution in [2.24, 2.45) is 0 Å². The van der Waals surface area contributed by atoms with E-state index in [1.165, 1.54) is 18.2 Å². The Morgan fingerprint density at radius 3 is 2.52 bits per heavy atom. The molecule has 0 unspecified atom stereocenters. The van der Waals surface area contributed by atoms with Gasteiger partial charge in [-0.25, -0.2) is 0 Å². The number of nitrogens with zero attached hydrogens (tertiary/aromatic N) is 1. The number of fused-ring (bicyclic) bond motifs is 1. The van der Waals surface area contributed by atoms with E-state index in [1.807, 2.05) is 0 Å². The topological polar surface area (TPSA) is 140 Å². The number of anilines is 3. The molecule has 33 heavy (non-hydrogen) atoms. The van der Waals surface area contributed by atoms with E-state index in [0.717, 1.165) is 12.1 Å².